The third-order valence-electron chi connectivity index (χ3n) is 3.70. The Morgan fingerprint density at radius 1 is 1.09 bits per heavy atom. The Labute approximate surface area is 136 Å². The summed E-state index contributed by atoms with van der Waals surface area (Å²) in [5.74, 6) is 0.0303. The van der Waals surface area contributed by atoms with Gasteiger partial charge in [0, 0.05) is 17.1 Å². The maximum Gasteiger partial charge on any atom is 0.278 e. The molecule has 0 aromatic heterocycles. The van der Waals surface area contributed by atoms with E-state index in [4.69, 9.17) is 11.6 Å². The van der Waals surface area contributed by atoms with Crippen LogP contribution in [0.4, 0.5) is 0 Å². The van der Waals surface area contributed by atoms with Crippen molar-refractivity contribution in [1.82, 2.24) is 5.32 Å². The van der Waals surface area contributed by atoms with Crippen molar-refractivity contribution < 1.29 is 10.1 Å². The van der Waals surface area contributed by atoms with Crippen LogP contribution in [0.3, 0.4) is 0 Å². The van der Waals surface area contributed by atoms with Crippen LogP contribution in [0.2, 0.25) is 5.02 Å². The molecule has 0 saturated heterocycles. The second-order valence-corrected chi connectivity index (χ2v) is 5.90. The normalized spacial score (nSPS) is 13.4. The maximum atomic E-state index is 12.2. The van der Waals surface area contributed by atoms with Crippen molar-refractivity contribution >= 4 is 17.5 Å². The zero-order valence-corrected chi connectivity index (χ0v) is 13.7. The Kier molecular flexibility index (Phi) is 5.99. The summed E-state index contributed by atoms with van der Waals surface area (Å²) in [7, 11) is 0. The van der Waals surface area contributed by atoms with E-state index in [9.17, 15) is 4.79 Å². The third-order valence-corrected chi connectivity index (χ3v) is 4.04. The van der Waals surface area contributed by atoms with Crippen molar-refractivity contribution in [2.24, 2.45) is 0 Å². The molecule has 0 spiro atoms. The van der Waals surface area contributed by atoms with Gasteiger partial charge in [-0.05, 0) is 25.5 Å². The third kappa shape index (κ3) is 4.58. The van der Waals surface area contributed by atoms with E-state index in [0.717, 1.165) is 16.1 Å². The van der Waals surface area contributed by atoms with E-state index in [1.165, 1.54) is 0 Å². The van der Waals surface area contributed by atoms with Crippen molar-refractivity contribution in [3.05, 3.63) is 70.7 Å². The number of halogens is 1. The minimum absolute atomic E-state index is 0.0303. The number of amides is 1. The van der Waals surface area contributed by atoms with Crippen molar-refractivity contribution in [3.63, 3.8) is 0 Å². The molecule has 0 bridgehead atoms. The number of benzene rings is 2. The highest BCUT2D eigenvalue weighted by Gasteiger charge is 2.21. The van der Waals surface area contributed by atoms with Gasteiger partial charge >= 0.3 is 0 Å². The first kappa shape index (κ1) is 16.5. The van der Waals surface area contributed by atoms with Crippen LogP contribution in [0.5, 0.6) is 0 Å². The van der Waals surface area contributed by atoms with Gasteiger partial charge in [-0.15, -0.1) is 0 Å². The van der Waals surface area contributed by atoms with Crippen LogP contribution in [0.25, 0.3) is 0 Å². The van der Waals surface area contributed by atoms with Gasteiger partial charge in [0.05, 0.1) is 0 Å². The van der Waals surface area contributed by atoms with Gasteiger partial charge < -0.3 is 10.6 Å². The second-order valence-electron chi connectivity index (χ2n) is 5.49. The lowest BCUT2D eigenvalue weighted by molar-refractivity contribution is -0.710. The van der Waals surface area contributed by atoms with Gasteiger partial charge in [0.2, 0.25) is 0 Å². The molecule has 0 heterocycles. The summed E-state index contributed by atoms with van der Waals surface area (Å²) in [5, 5.41) is 5.74. The molecule has 2 atom stereocenters. The molecule has 2 aromatic rings. The highest BCUT2D eigenvalue weighted by molar-refractivity contribution is 6.31. The molecule has 1 amide bonds. The fourth-order valence-electron chi connectivity index (χ4n) is 2.41. The Bertz CT molecular complexity index is 615. The number of quaternary nitrogens is 1. The Hall–Kier alpha value is -1.84. The number of carbonyl (C=O) groups is 1. The molecule has 0 aliphatic carbocycles. The smallest absolute Gasteiger partial charge is 0.278 e. The molecule has 0 saturated carbocycles. The number of rotatable bonds is 6. The summed E-state index contributed by atoms with van der Waals surface area (Å²) in [4.78, 5) is 12.2. The van der Waals surface area contributed by atoms with Crippen LogP contribution in [-0.2, 0) is 11.3 Å². The van der Waals surface area contributed by atoms with Gasteiger partial charge in [-0.1, -0.05) is 60.1 Å². The molecule has 2 aromatic carbocycles. The van der Waals surface area contributed by atoms with Crippen molar-refractivity contribution in [3.8, 4) is 0 Å². The zero-order chi connectivity index (χ0) is 15.9. The maximum absolute atomic E-state index is 12.2. The van der Waals surface area contributed by atoms with Crippen molar-refractivity contribution in [2.75, 3.05) is 0 Å². The highest BCUT2D eigenvalue weighted by Crippen LogP contribution is 2.19. The fourth-order valence-corrected chi connectivity index (χ4v) is 2.72. The molecule has 0 fully saturated rings. The largest absolute Gasteiger partial charge is 0.347 e. The lowest BCUT2D eigenvalue weighted by Crippen LogP contribution is -2.92. The molecular formula is C18H22ClN2O+. The molecule has 0 aliphatic heterocycles. The average Bonchev–Trinajstić information content (AvgIpc) is 2.53. The summed E-state index contributed by atoms with van der Waals surface area (Å²) >= 11 is 6.20. The molecular weight excluding hydrogens is 296 g/mol. The minimum atomic E-state index is -0.171. The van der Waals surface area contributed by atoms with Gasteiger partial charge in [0.1, 0.15) is 6.04 Å². The second kappa shape index (κ2) is 7.97. The standard InChI is InChI=1S/C18H21ClN2O/c1-13(16-10-6-7-11-17(16)19)21-14(2)18(22)20-12-15-8-4-3-5-9-15/h3-11,13-14,21H,12H2,1-2H3,(H,20,22)/p+1/t13-,14-/m0/s1. The zero-order valence-electron chi connectivity index (χ0n) is 12.9. The van der Waals surface area contributed by atoms with Crippen LogP contribution in [-0.4, -0.2) is 11.9 Å². The van der Waals surface area contributed by atoms with Gasteiger partial charge in [0.15, 0.2) is 6.04 Å². The lowest BCUT2D eigenvalue weighted by atomic mass is 10.1. The van der Waals surface area contributed by atoms with Crippen LogP contribution < -0.4 is 10.6 Å². The minimum Gasteiger partial charge on any atom is -0.347 e. The molecule has 116 valence electrons. The summed E-state index contributed by atoms with van der Waals surface area (Å²) < 4.78 is 0. The molecule has 0 unspecified atom stereocenters. The van der Waals surface area contributed by atoms with E-state index in [1.807, 2.05) is 66.8 Å². The summed E-state index contributed by atoms with van der Waals surface area (Å²) in [6.45, 7) is 4.52. The van der Waals surface area contributed by atoms with Gasteiger partial charge in [0.25, 0.3) is 5.91 Å². The Morgan fingerprint density at radius 3 is 2.41 bits per heavy atom. The van der Waals surface area contributed by atoms with Gasteiger partial charge in [-0.3, -0.25) is 4.79 Å². The number of hydrogen-bond acceptors (Lipinski definition) is 1. The number of hydrogen-bond donors (Lipinski definition) is 2. The van der Waals surface area contributed by atoms with E-state index in [-0.39, 0.29) is 18.0 Å². The molecule has 0 aliphatic rings. The van der Waals surface area contributed by atoms with Gasteiger partial charge in [-0.2, -0.15) is 0 Å². The van der Waals surface area contributed by atoms with Crippen LogP contribution in [0, 0.1) is 0 Å². The molecule has 3 N–H and O–H groups in total. The van der Waals surface area contributed by atoms with Crippen molar-refractivity contribution in [1.29, 1.82) is 0 Å². The average molecular weight is 318 g/mol. The number of nitrogens with two attached hydrogens (primary N) is 1. The van der Waals surface area contributed by atoms with E-state index in [0.29, 0.717) is 6.54 Å². The van der Waals surface area contributed by atoms with E-state index < -0.39 is 0 Å². The van der Waals surface area contributed by atoms with E-state index in [2.05, 4.69) is 12.2 Å². The highest BCUT2D eigenvalue weighted by atomic mass is 35.5. The molecule has 2 rings (SSSR count). The molecule has 3 nitrogen and oxygen atoms in total. The monoisotopic (exact) mass is 317 g/mol. The topological polar surface area (TPSA) is 45.7 Å². The predicted octanol–water partition coefficient (Wildman–Crippen LogP) is 2.67. The lowest BCUT2D eigenvalue weighted by Gasteiger charge is -2.17. The summed E-state index contributed by atoms with van der Waals surface area (Å²) in [5.41, 5.74) is 2.15. The van der Waals surface area contributed by atoms with E-state index in [1.54, 1.807) is 0 Å². The Morgan fingerprint density at radius 2 is 1.73 bits per heavy atom. The molecule has 4 heteroatoms. The molecule has 0 radical (unpaired) electrons. The Balaban J connectivity index is 1.87. The van der Waals surface area contributed by atoms with Gasteiger partial charge in [-0.25, -0.2) is 0 Å². The number of carbonyl (C=O) groups excluding carboxylic acids is 1. The van der Waals surface area contributed by atoms with Crippen LogP contribution in [0.15, 0.2) is 54.6 Å². The number of nitrogens with one attached hydrogen (secondary N) is 1. The molecule has 22 heavy (non-hydrogen) atoms. The fraction of sp³-hybridized carbons (Fsp3) is 0.278. The van der Waals surface area contributed by atoms with E-state index >= 15 is 0 Å². The summed E-state index contributed by atoms with van der Waals surface area (Å²) in [6, 6.07) is 17.6. The predicted molar refractivity (Wildman–Crippen MR) is 89.5 cm³/mol. The van der Waals surface area contributed by atoms with Crippen molar-refractivity contribution in [2.45, 2.75) is 32.5 Å². The quantitative estimate of drug-likeness (QED) is 0.845. The van der Waals surface area contributed by atoms with Crippen LogP contribution >= 0.6 is 11.6 Å². The summed E-state index contributed by atoms with van der Waals surface area (Å²) in [6.07, 6.45) is 0. The first-order chi connectivity index (χ1) is 10.6. The SMILES string of the molecule is C[C@H]([NH2+][C@@H](C)c1ccccc1Cl)C(=O)NCc1ccccc1. The first-order valence-electron chi connectivity index (χ1n) is 7.49. The first-order valence-corrected chi connectivity index (χ1v) is 7.86. The van der Waals surface area contributed by atoms with Crippen LogP contribution in [0.1, 0.15) is 31.0 Å².